The first-order valence-corrected chi connectivity index (χ1v) is 13.7. The summed E-state index contributed by atoms with van der Waals surface area (Å²) in [6.45, 7) is 0. The SMILES string of the molecule is COc1cc(-c2c(C#N)c(N)nc(SCCC(=O)Nc3nc(-c4ccccc4)cs3)c2C#N)cc(OC)c1OC. The Hall–Kier alpha value is -4.78. The smallest absolute Gasteiger partial charge is 0.226 e. The van der Waals surface area contributed by atoms with Crippen molar-refractivity contribution in [3.63, 3.8) is 0 Å². The number of aromatic nitrogens is 2. The molecule has 2 aromatic heterocycles. The molecule has 0 radical (unpaired) electrons. The largest absolute Gasteiger partial charge is 0.493 e. The van der Waals surface area contributed by atoms with Gasteiger partial charge in [0, 0.05) is 28.7 Å². The number of ether oxygens (including phenoxy) is 3. The minimum atomic E-state index is -0.230. The topological polar surface area (TPSA) is 156 Å². The van der Waals surface area contributed by atoms with Gasteiger partial charge in [-0.2, -0.15) is 10.5 Å². The summed E-state index contributed by atoms with van der Waals surface area (Å²) in [7, 11) is 4.42. The quantitative estimate of drug-likeness (QED) is 0.238. The number of thiazole rings is 1. The number of nitrogens with two attached hydrogens (primary N) is 1. The van der Waals surface area contributed by atoms with Crippen LogP contribution >= 0.6 is 23.1 Å². The first-order valence-electron chi connectivity index (χ1n) is 11.8. The summed E-state index contributed by atoms with van der Waals surface area (Å²) >= 11 is 2.54. The zero-order valence-corrected chi connectivity index (χ0v) is 23.5. The number of thioether (sulfide) groups is 1. The highest BCUT2D eigenvalue weighted by Crippen LogP contribution is 2.44. The highest BCUT2D eigenvalue weighted by atomic mass is 32.2. The van der Waals surface area contributed by atoms with Crippen LogP contribution in [0.3, 0.4) is 0 Å². The molecule has 40 heavy (non-hydrogen) atoms. The molecular formula is C28H24N6O4S2. The van der Waals surface area contributed by atoms with Crippen molar-refractivity contribution in [2.75, 3.05) is 38.1 Å². The van der Waals surface area contributed by atoms with Gasteiger partial charge in [-0.25, -0.2) is 9.97 Å². The van der Waals surface area contributed by atoms with Crippen LogP contribution < -0.4 is 25.3 Å². The van der Waals surface area contributed by atoms with Gasteiger partial charge in [-0.05, 0) is 17.7 Å². The molecule has 0 unspecified atom stereocenters. The molecular weight excluding hydrogens is 548 g/mol. The summed E-state index contributed by atoms with van der Waals surface area (Å²) in [5.41, 5.74) is 8.85. The number of methoxy groups -OCH3 is 3. The number of carbonyl (C=O) groups is 1. The van der Waals surface area contributed by atoms with E-state index >= 15 is 0 Å². The van der Waals surface area contributed by atoms with E-state index in [1.165, 1.54) is 44.4 Å². The van der Waals surface area contributed by atoms with Crippen molar-refractivity contribution >= 4 is 40.0 Å². The Kier molecular flexibility index (Phi) is 9.07. The maximum Gasteiger partial charge on any atom is 0.226 e. The van der Waals surface area contributed by atoms with E-state index in [0.717, 1.165) is 11.3 Å². The van der Waals surface area contributed by atoms with Crippen LogP contribution in [0.5, 0.6) is 17.2 Å². The number of hydrogen-bond acceptors (Lipinski definition) is 11. The van der Waals surface area contributed by atoms with Gasteiger partial charge < -0.3 is 25.3 Å². The molecule has 0 spiro atoms. The molecule has 0 atom stereocenters. The van der Waals surface area contributed by atoms with Crippen molar-refractivity contribution in [2.45, 2.75) is 11.4 Å². The number of benzene rings is 2. The number of nitrogens with one attached hydrogen (secondary N) is 1. The monoisotopic (exact) mass is 572 g/mol. The Bertz CT molecular complexity index is 1600. The number of nitriles is 2. The molecule has 2 aromatic carbocycles. The summed E-state index contributed by atoms with van der Waals surface area (Å²) in [6.07, 6.45) is 0.136. The molecule has 1 amide bonds. The van der Waals surface area contributed by atoms with Gasteiger partial charge in [-0.3, -0.25) is 4.79 Å². The lowest BCUT2D eigenvalue weighted by Crippen LogP contribution is -2.12. The predicted octanol–water partition coefficient (Wildman–Crippen LogP) is 5.34. The second-order valence-electron chi connectivity index (χ2n) is 8.12. The average molecular weight is 573 g/mol. The van der Waals surface area contributed by atoms with Crippen LogP contribution in [0.15, 0.2) is 52.9 Å². The third-order valence-electron chi connectivity index (χ3n) is 5.76. The van der Waals surface area contributed by atoms with Gasteiger partial charge in [0.25, 0.3) is 0 Å². The van der Waals surface area contributed by atoms with E-state index in [4.69, 9.17) is 19.9 Å². The Morgan fingerprint density at radius 2 is 1.68 bits per heavy atom. The third-order valence-corrected chi connectivity index (χ3v) is 7.49. The van der Waals surface area contributed by atoms with E-state index in [1.54, 1.807) is 12.1 Å². The van der Waals surface area contributed by atoms with Crippen LogP contribution in [0.1, 0.15) is 17.5 Å². The molecule has 202 valence electrons. The van der Waals surface area contributed by atoms with Crippen LogP contribution in [-0.4, -0.2) is 43.0 Å². The van der Waals surface area contributed by atoms with Crippen molar-refractivity contribution in [3.8, 4) is 51.8 Å². The average Bonchev–Trinajstić information content (AvgIpc) is 3.44. The second kappa shape index (κ2) is 12.8. The van der Waals surface area contributed by atoms with Crippen LogP contribution in [0.25, 0.3) is 22.4 Å². The van der Waals surface area contributed by atoms with E-state index in [1.807, 2.05) is 35.7 Å². The van der Waals surface area contributed by atoms with Crippen molar-refractivity contribution in [3.05, 3.63) is 59.0 Å². The standard InChI is InChI=1S/C28H24N6O4S2/c1-36-21-11-17(12-22(37-2)25(21)38-3)24-18(13-29)26(31)34-27(19(24)14-30)39-10-9-23(35)33-28-32-20(15-40-28)16-7-5-4-6-8-16/h4-8,11-12,15H,9-10H2,1-3H3,(H2,31,34)(H,32,33,35). The molecule has 0 saturated heterocycles. The van der Waals surface area contributed by atoms with Crippen molar-refractivity contribution < 1.29 is 19.0 Å². The van der Waals surface area contributed by atoms with Crippen molar-refractivity contribution in [1.82, 2.24) is 9.97 Å². The fourth-order valence-corrected chi connectivity index (χ4v) is 5.58. The molecule has 2 heterocycles. The van der Waals surface area contributed by atoms with Crippen molar-refractivity contribution in [1.29, 1.82) is 10.5 Å². The number of carbonyl (C=O) groups excluding carboxylic acids is 1. The van der Waals surface area contributed by atoms with Gasteiger partial charge in [0.1, 0.15) is 28.5 Å². The van der Waals surface area contributed by atoms with Crippen LogP contribution in [-0.2, 0) is 4.79 Å². The van der Waals surface area contributed by atoms with E-state index in [9.17, 15) is 15.3 Å². The molecule has 3 N–H and O–H groups in total. The molecule has 4 rings (SSSR count). The number of pyridine rings is 1. The zero-order chi connectivity index (χ0) is 28.6. The van der Waals surface area contributed by atoms with E-state index in [0.29, 0.717) is 44.3 Å². The lowest BCUT2D eigenvalue weighted by atomic mass is 9.96. The Morgan fingerprint density at radius 1 is 1.00 bits per heavy atom. The number of amides is 1. The first kappa shape index (κ1) is 28.2. The number of hydrogen-bond donors (Lipinski definition) is 2. The summed E-state index contributed by atoms with van der Waals surface area (Å²) < 4.78 is 16.3. The normalized spacial score (nSPS) is 10.3. The first-order chi connectivity index (χ1) is 19.4. The van der Waals surface area contributed by atoms with Crippen LogP contribution in [0.2, 0.25) is 0 Å². The third kappa shape index (κ3) is 5.94. The Labute approximate surface area is 239 Å². The van der Waals surface area contributed by atoms with Crippen LogP contribution in [0, 0.1) is 22.7 Å². The second-order valence-corrected chi connectivity index (χ2v) is 10.1. The maximum atomic E-state index is 12.6. The lowest BCUT2D eigenvalue weighted by molar-refractivity contribution is -0.115. The minimum absolute atomic E-state index is 0.0339. The van der Waals surface area contributed by atoms with E-state index < -0.39 is 0 Å². The molecule has 0 aliphatic rings. The summed E-state index contributed by atoms with van der Waals surface area (Å²) in [6, 6.07) is 17.2. The molecule has 0 aliphatic carbocycles. The number of nitrogens with zero attached hydrogens (tertiary/aromatic N) is 4. The summed E-state index contributed by atoms with van der Waals surface area (Å²) in [5.74, 6) is 1.11. The van der Waals surface area contributed by atoms with Gasteiger partial charge in [-0.15, -0.1) is 23.1 Å². The van der Waals surface area contributed by atoms with Crippen molar-refractivity contribution in [2.24, 2.45) is 0 Å². The van der Waals surface area contributed by atoms with E-state index in [-0.39, 0.29) is 29.3 Å². The van der Waals surface area contributed by atoms with Gasteiger partial charge in [-0.1, -0.05) is 30.3 Å². The molecule has 12 heteroatoms. The molecule has 0 saturated carbocycles. The number of rotatable bonds is 10. The maximum absolute atomic E-state index is 12.6. The molecule has 10 nitrogen and oxygen atoms in total. The van der Waals surface area contributed by atoms with Gasteiger partial charge in [0.15, 0.2) is 16.6 Å². The molecule has 4 aromatic rings. The lowest BCUT2D eigenvalue weighted by Gasteiger charge is -2.17. The number of anilines is 2. The van der Waals surface area contributed by atoms with Gasteiger partial charge in [0.05, 0.1) is 32.6 Å². The zero-order valence-electron chi connectivity index (χ0n) is 21.8. The van der Waals surface area contributed by atoms with Crippen LogP contribution in [0.4, 0.5) is 10.9 Å². The molecule has 0 aliphatic heterocycles. The van der Waals surface area contributed by atoms with Gasteiger partial charge in [0.2, 0.25) is 11.7 Å². The Morgan fingerprint density at radius 3 is 2.27 bits per heavy atom. The molecule has 0 bridgehead atoms. The van der Waals surface area contributed by atoms with E-state index in [2.05, 4.69) is 27.4 Å². The fraction of sp³-hybridized carbons (Fsp3) is 0.179. The minimum Gasteiger partial charge on any atom is -0.493 e. The highest BCUT2D eigenvalue weighted by molar-refractivity contribution is 7.99. The number of nitrogen functional groups attached to an aromatic ring is 1. The summed E-state index contributed by atoms with van der Waals surface area (Å²) in [4.78, 5) is 21.4. The predicted molar refractivity (Wildman–Crippen MR) is 155 cm³/mol. The summed E-state index contributed by atoms with van der Waals surface area (Å²) in [5, 5.41) is 25.4. The Balaban J connectivity index is 1.56. The fourth-order valence-electron chi connectivity index (χ4n) is 3.91. The highest BCUT2D eigenvalue weighted by Gasteiger charge is 2.24. The van der Waals surface area contributed by atoms with Gasteiger partial charge >= 0.3 is 0 Å². The molecule has 0 fully saturated rings.